The Morgan fingerprint density at radius 2 is 1.70 bits per heavy atom. The van der Waals surface area contributed by atoms with E-state index in [0.717, 1.165) is 18.2 Å². The average molecular weight is 282 g/mol. The van der Waals surface area contributed by atoms with Crippen LogP contribution in [0.2, 0.25) is 0 Å². The van der Waals surface area contributed by atoms with Crippen molar-refractivity contribution in [1.82, 2.24) is 10.2 Å². The Balaban J connectivity index is 2.03. The van der Waals surface area contributed by atoms with Gasteiger partial charge in [-0.3, -0.25) is 9.59 Å². The topological polar surface area (TPSA) is 49.4 Å². The van der Waals surface area contributed by atoms with E-state index < -0.39 is 17.5 Å². The van der Waals surface area contributed by atoms with Crippen molar-refractivity contribution in [3.63, 3.8) is 0 Å². The number of hydrogen-bond acceptors (Lipinski definition) is 2. The van der Waals surface area contributed by atoms with Crippen LogP contribution < -0.4 is 5.32 Å². The maximum atomic E-state index is 13.1. The first kappa shape index (κ1) is 14.4. The lowest BCUT2D eigenvalue weighted by molar-refractivity contribution is -0.125. The van der Waals surface area contributed by atoms with Gasteiger partial charge in [0.25, 0.3) is 5.91 Å². The number of rotatable bonds is 2. The summed E-state index contributed by atoms with van der Waals surface area (Å²) in [5.41, 5.74) is 0.000827. The Kier molecular flexibility index (Phi) is 4.32. The Morgan fingerprint density at radius 1 is 1.15 bits per heavy atom. The van der Waals surface area contributed by atoms with Crippen molar-refractivity contribution in [2.75, 3.05) is 20.1 Å². The third-order valence-electron chi connectivity index (χ3n) is 3.51. The van der Waals surface area contributed by atoms with Crippen molar-refractivity contribution in [1.29, 1.82) is 0 Å². The monoisotopic (exact) mass is 282 g/mol. The number of carbonyl (C=O) groups is 2. The van der Waals surface area contributed by atoms with Gasteiger partial charge in [0.1, 0.15) is 11.6 Å². The summed E-state index contributed by atoms with van der Waals surface area (Å²) in [5, 5.41) is 2.58. The number of halogens is 2. The molecule has 0 radical (unpaired) electrons. The zero-order valence-electron chi connectivity index (χ0n) is 11.2. The normalized spacial score (nSPS) is 16.1. The second-order valence-corrected chi connectivity index (χ2v) is 4.84. The summed E-state index contributed by atoms with van der Waals surface area (Å²) in [5.74, 6) is -2.08. The molecule has 1 aromatic carbocycles. The first-order valence-corrected chi connectivity index (χ1v) is 6.48. The molecule has 1 aromatic rings. The predicted octanol–water partition coefficient (Wildman–Crippen LogP) is 1.56. The molecule has 2 rings (SSSR count). The summed E-state index contributed by atoms with van der Waals surface area (Å²) >= 11 is 0. The van der Waals surface area contributed by atoms with E-state index in [1.807, 2.05) is 0 Å². The second-order valence-electron chi connectivity index (χ2n) is 4.84. The molecule has 1 saturated heterocycles. The van der Waals surface area contributed by atoms with Crippen molar-refractivity contribution >= 4 is 11.8 Å². The molecule has 1 fully saturated rings. The number of likely N-dealkylation sites (tertiary alicyclic amines) is 1. The van der Waals surface area contributed by atoms with Crippen LogP contribution in [0.5, 0.6) is 0 Å². The van der Waals surface area contributed by atoms with Crippen LogP contribution in [0.25, 0.3) is 0 Å². The Labute approximate surface area is 115 Å². The highest BCUT2D eigenvalue weighted by Crippen LogP contribution is 2.20. The molecule has 1 aliphatic heterocycles. The molecular formula is C14H16F2N2O2. The van der Waals surface area contributed by atoms with Gasteiger partial charge < -0.3 is 10.2 Å². The number of hydrogen-bond donors (Lipinski definition) is 1. The van der Waals surface area contributed by atoms with Crippen LogP contribution in [0, 0.1) is 17.6 Å². The average Bonchev–Trinajstić information content (AvgIpc) is 2.45. The molecule has 0 aromatic heterocycles. The van der Waals surface area contributed by atoms with Gasteiger partial charge in [0.15, 0.2) is 0 Å². The molecule has 0 spiro atoms. The molecule has 6 heteroatoms. The summed E-state index contributed by atoms with van der Waals surface area (Å²) in [6, 6.07) is 2.78. The van der Waals surface area contributed by atoms with E-state index in [1.165, 1.54) is 4.90 Å². The van der Waals surface area contributed by atoms with E-state index in [-0.39, 0.29) is 17.4 Å². The number of benzene rings is 1. The van der Waals surface area contributed by atoms with E-state index in [1.54, 1.807) is 7.05 Å². The standard InChI is InChI=1S/C14H16F2N2O2/c1-17-13(19)9-2-4-18(5-3-9)14(20)10-6-11(15)8-12(16)7-10/h6-9H,2-5H2,1H3,(H,17,19). The molecule has 4 nitrogen and oxygen atoms in total. The highest BCUT2D eigenvalue weighted by atomic mass is 19.1. The SMILES string of the molecule is CNC(=O)C1CCN(C(=O)c2cc(F)cc(F)c2)CC1. The Morgan fingerprint density at radius 3 is 2.20 bits per heavy atom. The van der Waals surface area contributed by atoms with Gasteiger partial charge in [-0.2, -0.15) is 0 Å². The quantitative estimate of drug-likeness (QED) is 0.895. The highest BCUT2D eigenvalue weighted by molar-refractivity contribution is 5.94. The molecule has 1 N–H and O–H groups in total. The Bertz CT molecular complexity index is 506. The molecule has 0 saturated carbocycles. The minimum atomic E-state index is -0.770. The zero-order valence-corrected chi connectivity index (χ0v) is 11.2. The summed E-state index contributed by atoms with van der Waals surface area (Å²) in [4.78, 5) is 25.2. The van der Waals surface area contributed by atoms with E-state index in [9.17, 15) is 18.4 Å². The lowest BCUT2D eigenvalue weighted by Gasteiger charge is -2.31. The van der Waals surface area contributed by atoms with Crippen molar-refractivity contribution in [2.24, 2.45) is 5.92 Å². The molecule has 2 amide bonds. The van der Waals surface area contributed by atoms with E-state index in [0.29, 0.717) is 25.9 Å². The van der Waals surface area contributed by atoms with Crippen molar-refractivity contribution < 1.29 is 18.4 Å². The number of piperidine rings is 1. The smallest absolute Gasteiger partial charge is 0.254 e. The van der Waals surface area contributed by atoms with Gasteiger partial charge in [0, 0.05) is 37.7 Å². The van der Waals surface area contributed by atoms with Crippen LogP contribution in [0.15, 0.2) is 18.2 Å². The first-order valence-electron chi connectivity index (χ1n) is 6.48. The van der Waals surface area contributed by atoms with E-state index in [4.69, 9.17) is 0 Å². The molecule has 108 valence electrons. The van der Waals surface area contributed by atoms with Gasteiger partial charge >= 0.3 is 0 Å². The van der Waals surface area contributed by atoms with Gasteiger partial charge in [-0.25, -0.2) is 8.78 Å². The van der Waals surface area contributed by atoms with Crippen LogP contribution in [-0.4, -0.2) is 36.9 Å². The molecular weight excluding hydrogens is 266 g/mol. The van der Waals surface area contributed by atoms with E-state index in [2.05, 4.69) is 5.32 Å². The van der Waals surface area contributed by atoms with Gasteiger partial charge in [-0.05, 0) is 25.0 Å². The number of nitrogens with zero attached hydrogens (tertiary/aromatic N) is 1. The number of amides is 2. The van der Waals surface area contributed by atoms with Crippen LogP contribution >= 0.6 is 0 Å². The molecule has 1 heterocycles. The third kappa shape index (κ3) is 3.12. The first-order chi connectivity index (χ1) is 9.51. The predicted molar refractivity (Wildman–Crippen MR) is 69.1 cm³/mol. The molecule has 0 unspecified atom stereocenters. The summed E-state index contributed by atoms with van der Waals surface area (Å²) in [6.45, 7) is 0.824. The van der Waals surface area contributed by atoms with Crippen LogP contribution in [0.3, 0.4) is 0 Å². The number of nitrogens with one attached hydrogen (secondary N) is 1. The van der Waals surface area contributed by atoms with Gasteiger partial charge in [-0.15, -0.1) is 0 Å². The summed E-state index contributed by atoms with van der Waals surface area (Å²) in [6.07, 6.45) is 1.12. The van der Waals surface area contributed by atoms with Crippen LogP contribution in [0.4, 0.5) is 8.78 Å². The minimum Gasteiger partial charge on any atom is -0.359 e. The molecule has 0 atom stereocenters. The minimum absolute atomic E-state index is 0.000827. The van der Waals surface area contributed by atoms with E-state index >= 15 is 0 Å². The van der Waals surface area contributed by atoms with Gasteiger partial charge in [-0.1, -0.05) is 0 Å². The highest BCUT2D eigenvalue weighted by Gasteiger charge is 2.27. The maximum Gasteiger partial charge on any atom is 0.254 e. The Hall–Kier alpha value is -1.98. The lowest BCUT2D eigenvalue weighted by atomic mass is 9.95. The summed E-state index contributed by atoms with van der Waals surface area (Å²) < 4.78 is 26.2. The fraction of sp³-hybridized carbons (Fsp3) is 0.429. The van der Waals surface area contributed by atoms with Gasteiger partial charge in [0.2, 0.25) is 5.91 Å². The van der Waals surface area contributed by atoms with Crippen molar-refractivity contribution in [3.05, 3.63) is 35.4 Å². The fourth-order valence-electron chi connectivity index (χ4n) is 2.41. The molecule has 1 aliphatic rings. The third-order valence-corrected chi connectivity index (χ3v) is 3.51. The largest absolute Gasteiger partial charge is 0.359 e. The van der Waals surface area contributed by atoms with Crippen molar-refractivity contribution in [3.8, 4) is 0 Å². The second kappa shape index (κ2) is 5.98. The summed E-state index contributed by atoms with van der Waals surface area (Å²) in [7, 11) is 1.58. The maximum absolute atomic E-state index is 13.1. The molecule has 20 heavy (non-hydrogen) atoms. The zero-order chi connectivity index (χ0) is 14.7. The number of carbonyl (C=O) groups excluding carboxylic acids is 2. The lowest BCUT2D eigenvalue weighted by Crippen LogP contribution is -2.42. The van der Waals surface area contributed by atoms with Gasteiger partial charge in [0.05, 0.1) is 0 Å². The van der Waals surface area contributed by atoms with Crippen LogP contribution in [-0.2, 0) is 4.79 Å². The molecule has 0 bridgehead atoms. The fourth-order valence-corrected chi connectivity index (χ4v) is 2.41. The van der Waals surface area contributed by atoms with Crippen molar-refractivity contribution in [2.45, 2.75) is 12.8 Å². The van der Waals surface area contributed by atoms with Crippen LogP contribution in [0.1, 0.15) is 23.2 Å². The molecule has 0 aliphatic carbocycles.